The van der Waals surface area contributed by atoms with E-state index >= 15 is 0 Å². The van der Waals surface area contributed by atoms with Crippen molar-refractivity contribution >= 4 is 22.7 Å². The summed E-state index contributed by atoms with van der Waals surface area (Å²) >= 11 is 0. The van der Waals surface area contributed by atoms with Crippen LogP contribution in [0.3, 0.4) is 0 Å². The summed E-state index contributed by atoms with van der Waals surface area (Å²) < 4.78 is 1.68. The van der Waals surface area contributed by atoms with Crippen LogP contribution in [0.5, 0.6) is 0 Å². The smallest absolute Gasteiger partial charge is 0.170 e. The lowest BCUT2D eigenvalue weighted by molar-refractivity contribution is 0.503. The van der Waals surface area contributed by atoms with Crippen LogP contribution in [0.4, 0.5) is 11.6 Å². The van der Waals surface area contributed by atoms with Crippen molar-refractivity contribution in [1.29, 1.82) is 5.26 Å². The SMILES string of the molecule is N#Cc1ccc(-n2nc(N3CCC[C@@H](N)C3)c3c(N)ncnc32)cn1. The van der Waals surface area contributed by atoms with Crippen molar-refractivity contribution in [2.75, 3.05) is 23.7 Å². The van der Waals surface area contributed by atoms with Gasteiger partial charge in [-0.1, -0.05) is 0 Å². The molecule has 9 heteroatoms. The summed E-state index contributed by atoms with van der Waals surface area (Å²) in [6, 6.07) is 5.54. The van der Waals surface area contributed by atoms with Crippen LogP contribution in [0.2, 0.25) is 0 Å². The van der Waals surface area contributed by atoms with Crippen LogP contribution >= 0.6 is 0 Å². The Balaban J connectivity index is 1.88. The standard InChI is InChI=1S/C16H17N9/c17-6-11-3-4-12(7-20-11)25-15-13(14(19)21-9-22-15)16(23-25)24-5-1-2-10(18)8-24/h3-4,7,9-10H,1-2,5,8,18H2,(H2,19,21,22)/t10-/m1/s1. The molecule has 126 valence electrons. The maximum atomic E-state index is 8.92. The number of hydrogen-bond donors (Lipinski definition) is 2. The number of piperidine rings is 1. The van der Waals surface area contributed by atoms with Crippen molar-refractivity contribution in [3.63, 3.8) is 0 Å². The monoisotopic (exact) mass is 335 g/mol. The highest BCUT2D eigenvalue weighted by molar-refractivity contribution is 5.97. The number of hydrogen-bond acceptors (Lipinski definition) is 8. The van der Waals surface area contributed by atoms with Crippen molar-refractivity contribution in [3.05, 3.63) is 30.4 Å². The zero-order chi connectivity index (χ0) is 17.4. The molecule has 4 N–H and O–H groups in total. The third-order valence-electron chi connectivity index (χ3n) is 4.34. The number of aromatic nitrogens is 5. The topological polar surface area (TPSA) is 136 Å². The van der Waals surface area contributed by atoms with Crippen molar-refractivity contribution < 1.29 is 0 Å². The largest absolute Gasteiger partial charge is 0.383 e. The number of rotatable bonds is 2. The van der Waals surface area contributed by atoms with Gasteiger partial charge < -0.3 is 16.4 Å². The van der Waals surface area contributed by atoms with E-state index < -0.39 is 0 Å². The molecule has 9 nitrogen and oxygen atoms in total. The second-order valence-electron chi connectivity index (χ2n) is 6.05. The van der Waals surface area contributed by atoms with Crippen LogP contribution in [-0.2, 0) is 0 Å². The Bertz CT molecular complexity index is 954. The van der Waals surface area contributed by atoms with Crippen LogP contribution < -0.4 is 16.4 Å². The lowest BCUT2D eigenvalue weighted by Crippen LogP contribution is -2.43. The van der Waals surface area contributed by atoms with E-state index in [1.807, 2.05) is 6.07 Å². The molecule has 0 bridgehead atoms. The zero-order valence-electron chi connectivity index (χ0n) is 13.5. The van der Waals surface area contributed by atoms with Gasteiger partial charge >= 0.3 is 0 Å². The van der Waals surface area contributed by atoms with Gasteiger partial charge in [0.15, 0.2) is 11.5 Å². The summed E-state index contributed by atoms with van der Waals surface area (Å²) in [4.78, 5) is 14.7. The number of pyridine rings is 1. The molecular weight excluding hydrogens is 318 g/mol. The van der Waals surface area contributed by atoms with Crippen molar-refractivity contribution in [2.24, 2.45) is 5.73 Å². The van der Waals surface area contributed by atoms with Crippen LogP contribution in [0.25, 0.3) is 16.7 Å². The molecule has 0 aliphatic carbocycles. The average Bonchev–Trinajstić information content (AvgIpc) is 3.03. The van der Waals surface area contributed by atoms with E-state index in [0.717, 1.165) is 25.2 Å². The highest BCUT2D eigenvalue weighted by Crippen LogP contribution is 2.31. The summed E-state index contributed by atoms with van der Waals surface area (Å²) in [7, 11) is 0. The molecule has 0 saturated carbocycles. The number of fused-ring (bicyclic) bond motifs is 1. The molecule has 4 heterocycles. The summed E-state index contributed by atoms with van der Waals surface area (Å²) in [6.07, 6.45) is 5.01. The van der Waals surface area contributed by atoms with Gasteiger partial charge in [-0.05, 0) is 25.0 Å². The zero-order valence-corrected chi connectivity index (χ0v) is 13.5. The molecule has 1 aliphatic rings. The van der Waals surface area contributed by atoms with Gasteiger partial charge in [0.1, 0.15) is 29.3 Å². The Kier molecular flexibility index (Phi) is 3.66. The summed E-state index contributed by atoms with van der Waals surface area (Å²) in [5.74, 6) is 1.11. The van der Waals surface area contributed by atoms with Gasteiger partial charge in [-0.15, -0.1) is 5.10 Å². The van der Waals surface area contributed by atoms with Crippen molar-refractivity contribution in [1.82, 2.24) is 24.7 Å². The first-order valence-electron chi connectivity index (χ1n) is 8.03. The fraction of sp³-hybridized carbons (Fsp3) is 0.312. The third-order valence-corrected chi connectivity index (χ3v) is 4.34. The summed E-state index contributed by atoms with van der Waals surface area (Å²) in [5.41, 5.74) is 13.9. The molecule has 3 aromatic heterocycles. The maximum absolute atomic E-state index is 8.92. The van der Waals surface area contributed by atoms with E-state index in [1.54, 1.807) is 23.0 Å². The minimum absolute atomic E-state index is 0.108. The van der Waals surface area contributed by atoms with E-state index in [4.69, 9.17) is 21.8 Å². The highest BCUT2D eigenvalue weighted by atomic mass is 15.4. The molecule has 0 spiro atoms. The molecule has 1 atom stereocenters. The second kappa shape index (κ2) is 5.99. The molecule has 3 aromatic rings. The number of nitrogens with zero attached hydrogens (tertiary/aromatic N) is 7. The molecule has 1 fully saturated rings. The number of nitriles is 1. The fourth-order valence-corrected chi connectivity index (χ4v) is 3.14. The average molecular weight is 335 g/mol. The Morgan fingerprint density at radius 1 is 1.24 bits per heavy atom. The lowest BCUT2D eigenvalue weighted by Gasteiger charge is -2.31. The van der Waals surface area contributed by atoms with E-state index in [-0.39, 0.29) is 6.04 Å². The van der Waals surface area contributed by atoms with Gasteiger partial charge in [-0.25, -0.2) is 19.6 Å². The van der Waals surface area contributed by atoms with Gasteiger partial charge in [-0.2, -0.15) is 5.26 Å². The molecule has 1 aliphatic heterocycles. The molecule has 25 heavy (non-hydrogen) atoms. The van der Waals surface area contributed by atoms with E-state index in [0.29, 0.717) is 34.8 Å². The normalized spacial score (nSPS) is 17.6. The Labute approximate surface area is 143 Å². The fourth-order valence-electron chi connectivity index (χ4n) is 3.14. The number of nitrogen functional groups attached to an aromatic ring is 1. The van der Waals surface area contributed by atoms with Crippen LogP contribution in [0.15, 0.2) is 24.7 Å². The minimum atomic E-state index is 0.108. The Morgan fingerprint density at radius 2 is 2.12 bits per heavy atom. The van der Waals surface area contributed by atoms with E-state index in [1.165, 1.54) is 6.33 Å². The van der Waals surface area contributed by atoms with Crippen LogP contribution in [0.1, 0.15) is 18.5 Å². The Morgan fingerprint density at radius 3 is 2.84 bits per heavy atom. The predicted octanol–water partition coefficient (Wildman–Crippen LogP) is 0.592. The van der Waals surface area contributed by atoms with Gasteiger partial charge in [0.2, 0.25) is 0 Å². The van der Waals surface area contributed by atoms with E-state index in [9.17, 15) is 0 Å². The first-order valence-corrected chi connectivity index (χ1v) is 8.03. The van der Waals surface area contributed by atoms with Gasteiger partial charge in [0.25, 0.3) is 0 Å². The predicted molar refractivity (Wildman–Crippen MR) is 93.0 cm³/mol. The van der Waals surface area contributed by atoms with Gasteiger partial charge in [-0.3, -0.25) is 0 Å². The van der Waals surface area contributed by atoms with Crippen molar-refractivity contribution in [3.8, 4) is 11.8 Å². The van der Waals surface area contributed by atoms with Gasteiger partial charge in [0.05, 0.1) is 11.9 Å². The second-order valence-corrected chi connectivity index (χ2v) is 6.05. The molecule has 1 saturated heterocycles. The molecule has 0 unspecified atom stereocenters. The molecule has 0 amide bonds. The summed E-state index contributed by atoms with van der Waals surface area (Å²) in [5, 5.41) is 14.3. The highest BCUT2D eigenvalue weighted by Gasteiger charge is 2.25. The van der Waals surface area contributed by atoms with Crippen LogP contribution in [0, 0.1) is 11.3 Å². The van der Waals surface area contributed by atoms with Crippen LogP contribution in [-0.4, -0.2) is 43.9 Å². The quantitative estimate of drug-likeness (QED) is 0.694. The molecular formula is C16H17N9. The summed E-state index contributed by atoms with van der Waals surface area (Å²) in [6.45, 7) is 1.58. The first-order chi connectivity index (χ1) is 12.2. The van der Waals surface area contributed by atoms with E-state index in [2.05, 4.69) is 19.9 Å². The van der Waals surface area contributed by atoms with Gasteiger partial charge in [0, 0.05) is 19.1 Å². The number of anilines is 2. The lowest BCUT2D eigenvalue weighted by atomic mass is 10.1. The number of nitrogens with two attached hydrogens (primary N) is 2. The van der Waals surface area contributed by atoms with Crippen molar-refractivity contribution in [2.45, 2.75) is 18.9 Å². The molecule has 0 aromatic carbocycles. The molecule has 4 rings (SSSR count). The minimum Gasteiger partial charge on any atom is -0.383 e. The molecule has 0 radical (unpaired) electrons. The Hall–Kier alpha value is -3.25. The first kappa shape index (κ1) is 15.3. The third kappa shape index (κ3) is 2.62. The maximum Gasteiger partial charge on any atom is 0.170 e.